The fourth-order valence-electron chi connectivity index (χ4n) is 4.43. The molecule has 0 radical (unpaired) electrons. The first-order chi connectivity index (χ1) is 18.1. The van der Waals surface area contributed by atoms with Gasteiger partial charge in [0.25, 0.3) is 11.4 Å². The minimum absolute atomic E-state index is 0.00496. The summed E-state index contributed by atoms with van der Waals surface area (Å²) in [5.74, 6) is -1.39. The molecular weight excluding hydrogens is 531 g/mol. The molecule has 0 spiro atoms. The van der Waals surface area contributed by atoms with Crippen molar-refractivity contribution >= 4 is 16.8 Å². The Hall–Kier alpha value is -4.22. The molecule has 2 aromatic heterocycles. The first-order valence-corrected chi connectivity index (χ1v) is 11.4. The van der Waals surface area contributed by atoms with E-state index in [0.29, 0.717) is 23.1 Å². The molecule has 12 heteroatoms. The lowest BCUT2D eigenvalue weighted by molar-refractivity contribution is -0.645. The van der Waals surface area contributed by atoms with E-state index in [1.54, 1.807) is 29.9 Å². The summed E-state index contributed by atoms with van der Waals surface area (Å²) in [6, 6.07) is 9.44. The largest absolute Gasteiger partial charge is 0.416 e. The van der Waals surface area contributed by atoms with Crippen molar-refractivity contribution in [3.63, 3.8) is 0 Å². The molecule has 204 valence electrons. The number of hydrogen-bond acceptors (Lipinski definition) is 2. The molecule has 0 N–H and O–H groups in total. The van der Waals surface area contributed by atoms with Crippen LogP contribution in [0, 0.1) is 5.82 Å². The maximum atomic E-state index is 13.7. The van der Waals surface area contributed by atoms with Crippen LogP contribution >= 0.6 is 0 Å². The van der Waals surface area contributed by atoms with Gasteiger partial charge in [-0.05, 0) is 47.5 Å². The van der Waals surface area contributed by atoms with Gasteiger partial charge in [0.1, 0.15) is 18.6 Å². The van der Waals surface area contributed by atoms with E-state index in [2.05, 4.69) is 0 Å². The number of amides is 1. The number of nitrogens with zero attached hydrogens (tertiary/aromatic N) is 3. The number of aromatic nitrogens is 2. The highest BCUT2D eigenvalue weighted by atomic mass is 19.4. The van der Waals surface area contributed by atoms with Crippen molar-refractivity contribution < 1.29 is 40.1 Å². The number of alkyl halides is 6. The number of hydrogen-bond donors (Lipinski definition) is 0. The average Bonchev–Trinajstić information content (AvgIpc) is 2.85. The number of benzene rings is 2. The Morgan fingerprint density at radius 3 is 2.05 bits per heavy atom. The van der Waals surface area contributed by atoms with E-state index in [1.165, 1.54) is 26.2 Å². The molecule has 0 unspecified atom stereocenters. The molecule has 0 aliphatic rings. The second kappa shape index (κ2) is 9.83. The van der Waals surface area contributed by atoms with Crippen molar-refractivity contribution in [3.05, 3.63) is 99.3 Å². The minimum Gasteiger partial charge on any atom is -0.336 e. The third kappa shape index (κ3) is 5.36. The van der Waals surface area contributed by atoms with Gasteiger partial charge in [-0.25, -0.2) is 4.39 Å². The van der Waals surface area contributed by atoms with Crippen LogP contribution in [0.3, 0.4) is 0 Å². The lowest BCUT2D eigenvalue weighted by Crippen LogP contribution is -2.39. The van der Waals surface area contributed by atoms with Gasteiger partial charge in [0.05, 0.1) is 16.5 Å². The van der Waals surface area contributed by atoms with Crippen molar-refractivity contribution in [2.45, 2.75) is 18.9 Å². The predicted octanol–water partition coefficient (Wildman–Crippen LogP) is 5.48. The van der Waals surface area contributed by atoms with E-state index in [-0.39, 0.29) is 22.8 Å². The first kappa shape index (κ1) is 27.8. The molecule has 0 bridgehead atoms. The van der Waals surface area contributed by atoms with Gasteiger partial charge in [-0.15, -0.1) is 0 Å². The summed E-state index contributed by atoms with van der Waals surface area (Å²) >= 11 is 0. The Morgan fingerprint density at radius 2 is 1.51 bits per heavy atom. The summed E-state index contributed by atoms with van der Waals surface area (Å²) in [5.41, 5.74) is -3.31. The average molecular weight is 552 g/mol. The molecule has 4 aromatic rings. The summed E-state index contributed by atoms with van der Waals surface area (Å²) in [6.07, 6.45) is -8.48. The quantitative estimate of drug-likeness (QED) is 0.249. The van der Waals surface area contributed by atoms with Crippen LogP contribution < -0.4 is 10.1 Å². The number of fused-ring (bicyclic) bond motifs is 1. The van der Waals surface area contributed by atoms with Gasteiger partial charge in [-0.2, -0.15) is 30.9 Å². The highest BCUT2D eigenvalue weighted by Gasteiger charge is 2.37. The highest BCUT2D eigenvalue weighted by molar-refractivity contribution is 6.07. The second-order valence-electron chi connectivity index (χ2n) is 9.05. The van der Waals surface area contributed by atoms with Gasteiger partial charge in [0.2, 0.25) is 0 Å². The van der Waals surface area contributed by atoms with E-state index in [9.17, 15) is 40.3 Å². The maximum absolute atomic E-state index is 13.7. The number of rotatable bonds is 4. The second-order valence-corrected chi connectivity index (χ2v) is 9.05. The van der Waals surface area contributed by atoms with Crippen LogP contribution in [0.25, 0.3) is 22.0 Å². The molecule has 0 aliphatic carbocycles. The molecule has 4 rings (SSSR count). The topological polar surface area (TPSA) is 46.2 Å². The SMILES string of the molecule is CN(Cc1cc(C(F)(F)F)cc(C(F)(F)F)c1)C(=O)c1c(-c2ccc(F)cc2)c2ccc[n+](C)c2c(=O)n1C. The molecule has 0 aliphatic heterocycles. The lowest BCUT2D eigenvalue weighted by Gasteiger charge is -2.23. The summed E-state index contributed by atoms with van der Waals surface area (Å²) in [6.45, 7) is -0.622. The van der Waals surface area contributed by atoms with E-state index >= 15 is 0 Å². The van der Waals surface area contributed by atoms with Crippen molar-refractivity contribution in [1.29, 1.82) is 0 Å². The molecule has 1 amide bonds. The third-order valence-corrected chi connectivity index (χ3v) is 6.28. The number of pyridine rings is 2. The lowest BCUT2D eigenvalue weighted by atomic mass is 9.97. The van der Waals surface area contributed by atoms with Crippen molar-refractivity contribution in [3.8, 4) is 11.1 Å². The molecule has 2 heterocycles. The van der Waals surface area contributed by atoms with Crippen molar-refractivity contribution in [1.82, 2.24) is 9.47 Å². The van der Waals surface area contributed by atoms with Crippen LogP contribution in [0.2, 0.25) is 0 Å². The Balaban J connectivity index is 1.89. The zero-order valence-electron chi connectivity index (χ0n) is 20.8. The van der Waals surface area contributed by atoms with E-state index in [1.807, 2.05) is 0 Å². The first-order valence-electron chi connectivity index (χ1n) is 11.4. The zero-order chi connectivity index (χ0) is 28.9. The Bertz CT molecular complexity index is 1610. The van der Waals surface area contributed by atoms with Gasteiger partial charge in [0, 0.05) is 32.3 Å². The van der Waals surface area contributed by atoms with Gasteiger partial charge < -0.3 is 9.47 Å². The van der Waals surface area contributed by atoms with Crippen LogP contribution in [0.1, 0.15) is 27.2 Å². The smallest absolute Gasteiger partial charge is 0.336 e. The van der Waals surface area contributed by atoms with Crippen LogP contribution in [0.15, 0.2) is 65.6 Å². The number of carbonyl (C=O) groups excluding carboxylic acids is 1. The van der Waals surface area contributed by atoms with Crippen LogP contribution in [0.5, 0.6) is 0 Å². The fourth-order valence-corrected chi connectivity index (χ4v) is 4.43. The molecule has 5 nitrogen and oxygen atoms in total. The molecule has 0 fully saturated rings. The molecule has 0 saturated carbocycles. The summed E-state index contributed by atoms with van der Waals surface area (Å²) < 4.78 is 96.3. The third-order valence-electron chi connectivity index (χ3n) is 6.28. The van der Waals surface area contributed by atoms with Gasteiger partial charge in [-0.3, -0.25) is 9.59 Å². The Kier molecular flexibility index (Phi) is 7.01. The Morgan fingerprint density at radius 1 is 0.949 bits per heavy atom. The van der Waals surface area contributed by atoms with Crippen molar-refractivity contribution in [2.24, 2.45) is 14.1 Å². The number of aryl methyl sites for hydroxylation is 1. The minimum atomic E-state index is -5.05. The van der Waals surface area contributed by atoms with E-state index in [4.69, 9.17) is 0 Å². The molecule has 0 atom stereocenters. The van der Waals surface area contributed by atoms with Crippen molar-refractivity contribution in [2.75, 3.05) is 7.05 Å². The molecule has 2 aromatic carbocycles. The predicted molar refractivity (Wildman–Crippen MR) is 128 cm³/mol. The van der Waals surface area contributed by atoms with Crippen LogP contribution in [0.4, 0.5) is 30.7 Å². The van der Waals surface area contributed by atoms with Crippen LogP contribution in [-0.2, 0) is 33.0 Å². The number of halogens is 7. The summed E-state index contributed by atoms with van der Waals surface area (Å²) in [7, 11) is 4.15. The molecular formula is C27H21F7N3O2+. The fraction of sp³-hybridized carbons (Fsp3) is 0.222. The summed E-state index contributed by atoms with van der Waals surface area (Å²) in [4.78, 5) is 27.9. The summed E-state index contributed by atoms with van der Waals surface area (Å²) in [5, 5.41) is 0.352. The normalized spacial score (nSPS) is 12.2. The van der Waals surface area contributed by atoms with Gasteiger partial charge in [0.15, 0.2) is 6.20 Å². The Labute approximate surface area is 217 Å². The van der Waals surface area contributed by atoms with Gasteiger partial charge >= 0.3 is 17.9 Å². The van der Waals surface area contributed by atoms with Crippen LogP contribution in [-0.4, -0.2) is 22.4 Å². The maximum Gasteiger partial charge on any atom is 0.416 e. The number of carbonyl (C=O) groups is 1. The van der Waals surface area contributed by atoms with E-state index < -0.39 is 52.9 Å². The zero-order valence-corrected chi connectivity index (χ0v) is 20.8. The van der Waals surface area contributed by atoms with E-state index in [0.717, 1.165) is 21.6 Å². The molecule has 39 heavy (non-hydrogen) atoms. The standard InChI is InChI=1S/C27H21F7N3O2/c1-35-10-4-5-20-21(16-6-8-19(28)9-7-16)23(37(3)25(39)22(20)35)24(38)36(2)14-15-11-17(26(29,30)31)13-18(12-15)27(32,33)34/h4-13H,14H2,1-3H3/q+1. The monoisotopic (exact) mass is 552 g/mol. The van der Waals surface area contributed by atoms with Gasteiger partial charge in [-0.1, -0.05) is 12.1 Å². The highest BCUT2D eigenvalue weighted by Crippen LogP contribution is 2.37. The molecule has 0 saturated heterocycles.